The van der Waals surface area contributed by atoms with Gasteiger partial charge in [0, 0.05) is 37.9 Å². The van der Waals surface area contributed by atoms with E-state index in [1.165, 1.54) is 11.0 Å². The molecular formula is C24H25N7O4. The third-order valence-corrected chi connectivity index (χ3v) is 7.01. The summed E-state index contributed by atoms with van der Waals surface area (Å²) < 4.78 is 12.9. The number of ether oxygens (including phenoxy) is 2. The van der Waals surface area contributed by atoms with Crippen molar-refractivity contribution in [2.75, 3.05) is 32.8 Å². The Balaban J connectivity index is 1.07. The minimum atomic E-state index is -0.251. The number of aryl methyl sites for hydroxylation is 1. The van der Waals surface area contributed by atoms with Gasteiger partial charge in [0.25, 0.3) is 0 Å². The number of esters is 1. The molecule has 2 fully saturated rings. The molecule has 1 aromatic carbocycles. The number of fused-ring (bicyclic) bond motifs is 2. The Labute approximate surface area is 201 Å². The van der Waals surface area contributed by atoms with E-state index in [-0.39, 0.29) is 24.0 Å². The molecule has 35 heavy (non-hydrogen) atoms. The van der Waals surface area contributed by atoms with Gasteiger partial charge in [0.15, 0.2) is 5.82 Å². The van der Waals surface area contributed by atoms with Crippen molar-refractivity contribution in [3.8, 4) is 5.82 Å². The highest BCUT2D eigenvalue weighted by atomic mass is 16.5. The molecule has 0 N–H and O–H groups in total. The smallest absolute Gasteiger partial charge is 0.338 e. The minimum Gasteiger partial charge on any atom is -0.457 e. The van der Waals surface area contributed by atoms with Gasteiger partial charge in [0.2, 0.25) is 5.91 Å². The first kappa shape index (κ1) is 21.8. The van der Waals surface area contributed by atoms with Crippen LogP contribution in [-0.2, 0) is 27.3 Å². The van der Waals surface area contributed by atoms with Crippen molar-refractivity contribution in [3.05, 3.63) is 64.6 Å². The number of carbonyl (C=O) groups is 2. The molecule has 2 unspecified atom stereocenters. The fourth-order valence-corrected chi connectivity index (χ4v) is 5.06. The van der Waals surface area contributed by atoms with Crippen molar-refractivity contribution in [2.45, 2.75) is 32.1 Å². The minimum absolute atomic E-state index is 0.0562. The van der Waals surface area contributed by atoms with Gasteiger partial charge in [-0.15, -0.1) is 5.10 Å². The van der Waals surface area contributed by atoms with Gasteiger partial charge in [-0.3, -0.25) is 9.69 Å². The molecule has 2 atom stereocenters. The van der Waals surface area contributed by atoms with E-state index < -0.39 is 0 Å². The summed E-state index contributed by atoms with van der Waals surface area (Å²) in [5, 5.41) is 11.0. The molecular weight excluding hydrogens is 450 g/mol. The molecule has 3 aliphatic rings. The molecule has 0 bridgehead atoms. The van der Waals surface area contributed by atoms with E-state index in [2.05, 4.69) is 31.5 Å². The second-order valence-corrected chi connectivity index (χ2v) is 9.21. The molecule has 180 valence electrons. The van der Waals surface area contributed by atoms with Gasteiger partial charge < -0.3 is 14.4 Å². The average Bonchev–Trinajstić information content (AvgIpc) is 3.54. The number of amides is 1. The van der Waals surface area contributed by atoms with Crippen LogP contribution in [0.15, 0.2) is 36.8 Å². The fraction of sp³-hybridized carbons (Fsp3) is 0.417. The highest BCUT2D eigenvalue weighted by molar-refractivity contribution is 5.93. The van der Waals surface area contributed by atoms with Gasteiger partial charge in [-0.1, -0.05) is 6.07 Å². The van der Waals surface area contributed by atoms with Crippen LogP contribution in [0, 0.1) is 6.92 Å². The summed E-state index contributed by atoms with van der Waals surface area (Å²) in [4.78, 5) is 33.5. The number of piperazine rings is 1. The summed E-state index contributed by atoms with van der Waals surface area (Å²) in [6.45, 7) is 5.80. The van der Waals surface area contributed by atoms with Crippen LogP contribution in [0.4, 0.5) is 0 Å². The quantitative estimate of drug-likeness (QED) is 0.507. The molecule has 3 aromatic rings. The number of rotatable bonds is 4. The molecule has 6 rings (SSSR count). The number of benzene rings is 1. The first-order chi connectivity index (χ1) is 17.0. The Morgan fingerprint density at radius 1 is 1.20 bits per heavy atom. The highest BCUT2D eigenvalue weighted by Crippen LogP contribution is 2.32. The van der Waals surface area contributed by atoms with Crippen LogP contribution >= 0.6 is 0 Å². The molecule has 2 saturated heterocycles. The number of nitrogens with zero attached hydrogens (tertiary/aromatic N) is 7. The summed E-state index contributed by atoms with van der Waals surface area (Å²) in [7, 11) is 0. The molecule has 0 spiro atoms. The Hall–Kier alpha value is -3.70. The van der Waals surface area contributed by atoms with Crippen molar-refractivity contribution in [1.29, 1.82) is 0 Å². The van der Waals surface area contributed by atoms with Crippen LogP contribution < -0.4 is 0 Å². The molecule has 0 aliphatic carbocycles. The second-order valence-electron chi connectivity index (χ2n) is 9.21. The number of tetrazole rings is 1. The van der Waals surface area contributed by atoms with E-state index in [9.17, 15) is 9.59 Å². The second kappa shape index (κ2) is 8.82. The van der Waals surface area contributed by atoms with Crippen molar-refractivity contribution < 1.29 is 19.1 Å². The summed E-state index contributed by atoms with van der Waals surface area (Å²) in [5.41, 5.74) is 4.59. The van der Waals surface area contributed by atoms with Gasteiger partial charge in [0.1, 0.15) is 12.9 Å². The molecule has 5 heterocycles. The number of carbonyl (C=O) groups excluding carboxylic acids is 2. The Bertz CT molecular complexity index is 1260. The molecule has 1 amide bonds. The maximum Gasteiger partial charge on any atom is 0.338 e. The zero-order chi connectivity index (χ0) is 23.9. The molecule has 3 aliphatic heterocycles. The normalized spacial score (nSPS) is 22.0. The third kappa shape index (κ3) is 4.17. The number of hydrogen-bond acceptors (Lipinski definition) is 9. The van der Waals surface area contributed by atoms with Crippen LogP contribution in [0.2, 0.25) is 0 Å². The van der Waals surface area contributed by atoms with Crippen LogP contribution in [0.1, 0.15) is 38.7 Å². The van der Waals surface area contributed by atoms with Crippen LogP contribution in [0.25, 0.3) is 5.82 Å². The standard InChI is InChI=1S/C24H25N7O4/c1-15-6-20-17(12-35-24(20)33)8-19(15)21-11-29-4-5-30(10-18(29)13-34-21)23(32)7-16-2-3-22(25-9-16)31-14-26-27-28-31/h2-3,6,8-9,14,18,21H,4-5,7,10-13H2,1H3. The molecule has 2 aromatic heterocycles. The topological polar surface area (TPSA) is 116 Å². The fourth-order valence-electron chi connectivity index (χ4n) is 5.06. The zero-order valence-electron chi connectivity index (χ0n) is 19.3. The lowest BCUT2D eigenvalue weighted by Crippen LogP contribution is -2.59. The van der Waals surface area contributed by atoms with E-state index in [0.717, 1.165) is 35.3 Å². The third-order valence-electron chi connectivity index (χ3n) is 7.01. The Kier molecular flexibility index (Phi) is 5.50. The first-order valence-electron chi connectivity index (χ1n) is 11.7. The summed E-state index contributed by atoms with van der Waals surface area (Å²) in [6, 6.07) is 7.82. The van der Waals surface area contributed by atoms with Crippen LogP contribution in [-0.4, -0.2) is 85.7 Å². The van der Waals surface area contributed by atoms with Crippen molar-refractivity contribution in [3.63, 3.8) is 0 Å². The Morgan fingerprint density at radius 2 is 2.11 bits per heavy atom. The lowest BCUT2D eigenvalue weighted by Gasteiger charge is -2.46. The predicted octanol–water partition coefficient (Wildman–Crippen LogP) is 0.863. The van der Waals surface area contributed by atoms with Crippen molar-refractivity contribution in [2.24, 2.45) is 0 Å². The number of cyclic esters (lactones) is 1. The number of hydrogen-bond donors (Lipinski definition) is 0. The van der Waals surface area contributed by atoms with Gasteiger partial charge in [-0.05, 0) is 52.2 Å². The monoisotopic (exact) mass is 475 g/mol. The SMILES string of the molecule is Cc1cc2c(cc1C1CN3CCN(C(=O)Cc4ccc(-n5cnnn5)nc4)CC3CO1)COC2=O. The van der Waals surface area contributed by atoms with Crippen molar-refractivity contribution in [1.82, 2.24) is 35.0 Å². The average molecular weight is 476 g/mol. The first-order valence-corrected chi connectivity index (χ1v) is 11.7. The van der Waals surface area contributed by atoms with E-state index in [1.807, 2.05) is 24.0 Å². The lowest BCUT2D eigenvalue weighted by molar-refractivity contribution is -0.139. The number of morpholine rings is 1. The summed E-state index contributed by atoms with van der Waals surface area (Å²) >= 11 is 0. The van der Waals surface area contributed by atoms with E-state index >= 15 is 0 Å². The number of aromatic nitrogens is 5. The van der Waals surface area contributed by atoms with Gasteiger partial charge in [0.05, 0.1) is 30.7 Å². The van der Waals surface area contributed by atoms with E-state index in [0.29, 0.717) is 44.1 Å². The molecule has 11 heteroatoms. The maximum absolute atomic E-state index is 13.0. The predicted molar refractivity (Wildman–Crippen MR) is 122 cm³/mol. The van der Waals surface area contributed by atoms with E-state index in [4.69, 9.17) is 9.47 Å². The summed E-state index contributed by atoms with van der Waals surface area (Å²) in [5.74, 6) is 0.439. The van der Waals surface area contributed by atoms with Crippen LogP contribution in [0.3, 0.4) is 0 Å². The van der Waals surface area contributed by atoms with E-state index in [1.54, 1.807) is 12.3 Å². The molecule has 0 radical (unpaired) electrons. The molecule has 0 saturated carbocycles. The van der Waals surface area contributed by atoms with Gasteiger partial charge in [-0.2, -0.15) is 4.68 Å². The summed E-state index contributed by atoms with van der Waals surface area (Å²) in [6.07, 6.45) is 3.41. The maximum atomic E-state index is 13.0. The molecule has 11 nitrogen and oxygen atoms in total. The van der Waals surface area contributed by atoms with Crippen LogP contribution in [0.5, 0.6) is 0 Å². The highest BCUT2D eigenvalue weighted by Gasteiger charge is 2.36. The largest absolute Gasteiger partial charge is 0.457 e. The zero-order valence-corrected chi connectivity index (χ0v) is 19.3. The van der Waals surface area contributed by atoms with Gasteiger partial charge in [-0.25, -0.2) is 9.78 Å². The number of pyridine rings is 1. The Morgan fingerprint density at radius 3 is 2.91 bits per heavy atom. The van der Waals surface area contributed by atoms with Gasteiger partial charge >= 0.3 is 5.97 Å². The van der Waals surface area contributed by atoms with Crippen molar-refractivity contribution >= 4 is 11.9 Å². The lowest BCUT2D eigenvalue weighted by atomic mass is 9.95.